The summed E-state index contributed by atoms with van der Waals surface area (Å²) in [7, 11) is 3.80. The van der Waals surface area contributed by atoms with Crippen molar-refractivity contribution in [3.63, 3.8) is 0 Å². The highest BCUT2D eigenvalue weighted by molar-refractivity contribution is 8.11. The predicted molar refractivity (Wildman–Crippen MR) is 68.2 cm³/mol. The molecule has 1 fully saturated rings. The van der Waals surface area contributed by atoms with Gasteiger partial charge < -0.3 is 4.90 Å². The minimum Gasteiger partial charge on any atom is -0.303 e. The molecule has 2 rings (SSSR count). The van der Waals surface area contributed by atoms with Crippen LogP contribution < -0.4 is 0 Å². The summed E-state index contributed by atoms with van der Waals surface area (Å²) in [6.07, 6.45) is 0. The van der Waals surface area contributed by atoms with Crippen LogP contribution in [0, 0.1) is 0 Å². The Balaban J connectivity index is 2.33. The van der Waals surface area contributed by atoms with Crippen molar-refractivity contribution >= 4 is 19.9 Å². The molecule has 0 aromatic heterocycles. The number of hydrogen-bond acceptors (Lipinski definition) is 3. The summed E-state index contributed by atoms with van der Waals surface area (Å²) in [5.41, 5.74) is 0.975. The predicted octanol–water partition coefficient (Wildman–Crippen LogP) is 1.46. The second-order valence-electron chi connectivity index (χ2n) is 4.24. The first-order valence-electron chi connectivity index (χ1n) is 5.43. The number of rotatable bonds is 2. The van der Waals surface area contributed by atoms with E-state index in [1.165, 1.54) is 4.31 Å². The zero-order valence-corrected chi connectivity index (χ0v) is 11.2. The summed E-state index contributed by atoms with van der Waals surface area (Å²) < 4.78 is 24.5. The molecule has 0 radical (unpaired) electrons. The summed E-state index contributed by atoms with van der Waals surface area (Å²) in [4.78, 5) is 2.11. The van der Waals surface area contributed by atoms with E-state index >= 15 is 0 Å². The van der Waals surface area contributed by atoms with E-state index in [0.717, 1.165) is 5.56 Å². The van der Waals surface area contributed by atoms with Crippen LogP contribution in [0.3, 0.4) is 0 Å². The van der Waals surface area contributed by atoms with Gasteiger partial charge in [-0.3, -0.25) is 0 Å². The smallest absolute Gasteiger partial charge is 0.300 e. The third-order valence-corrected chi connectivity index (χ3v) is 4.53. The van der Waals surface area contributed by atoms with Gasteiger partial charge in [-0.25, -0.2) is 0 Å². The van der Waals surface area contributed by atoms with Crippen molar-refractivity contribution < 1.29 is 8.42 Å². The number of benzene rings is 1. The number of hydrogen-bond donors (Lipinski definition) is 0. The summed E-state index contributed by atoms with van der Waals surface area (Å²) in [6, 6.07) is 9.39. The first-order chi connectivity index (χ1) is 7.98. The van der Waals surface area contributed by atoms with Crippen LogP contribution in [-0.2, 0) is 9.24 Å². The van der Waals surface area contributed by atoms with E-state index in [-0.39, 0.29) is 6.04 Å². The van der Waals surface area contributed by atoms with Crippen molar-refractivity contribution in [2.75, 3.05) is 26.7 Å². The van der Waals surface area contributed by atoms with Gasteiger partial charge in [0, 0.05) is 30.3 Å². The Morgan fingerprint density at radius 2 is 1.88 bits per heavy atom. The van der Waals surface area contributed by atoms with Gasteiger partial charge in [-0.05, 0) is 12.6 Å². The fraction of sp³-hybridized carbons (Fsp3) is 0.455. The Hall–Kier alpha value is -0.620. The van der Waals surface area contributed by atoms with Gasteiger partial charge in [0.2, 0.25) is 0 Å². The average molecular weight is 275 g/mol. The fourth-order valence-corrected chi connectivity index (χ4v) is 3.40. The van der Waals surface area contributed by atoms with E-state index in [1.54, 1.807) is 0 Å². The van der Waals surface area contributed by atoms with Crippen molar-refractivity contribution in [2.45, 2.75) is 6.04 Å². The lowest BCUT2D eigenvalue weighted by molar-refractivity contribution is 0.163. The minimum atomic E-state index is -3.67. The standard InChI is InChI=1S/C11H15ClN2O2S/c1-13-7-8-14(17(12,15)16)11(9-13)10-5-3-2-4-6-10/h2-6,11H,7-9H2,1H3. The molecule has 1 heterocycles. The third kappa shape index (κ3) is 2.98. The molecule has 1 atom stereocenters. The second-order valence-corrected chi connectivity index (χ2v) is 6.70. The minimum absolute atomic E-state index is 0.197. The molecule has 0 spiro atoms. The highest BCUT2D eigenvalue weighted by atomic mass is 35.7. The van der Waals surface area contributed by atoms with Crippen LogP contribution in [0.5, 0.6) is 0 Å². The van der Waals surface area contributed by atoms with E-state index in [0.29, 0.717) is 19.6 Å². The molecular weight excluding hydrogens is 260 g/mol. The molecule has 1 saturated heterocycles. The number of piperazine rings is 1. The van der Waals surface area contributed by atoms with E-state index in [2.05, 4.69) is 4.90 Å². The third-order valence-electron chi connectivity index (χ3n) is 3.00. The first-order valence-corrected chi connectivity index (χ1v) is 7.70. The normalized spacial score (nSPS) is 23.8. The molecule has 0 saturated carbocycles. The lowest BCUT2D eigenvalue weighted by atomic mass is 10.1. The monoisotopic (exact) mass is 274 g/mol. The maximum absolute atomic E-state index is 11.5. The van der Waals surface area contributed by atoms with Crippen LogP contribution in [-0.4, -0.2) is 44.3 Å². The van der Waals surface area contributed by atoms with Crippen molar-refractivity contribution in [3.8, 4) is 0 Å². The van der Waals surface area contributed by atoms with Crippen molar-refractivity contribution in [1.82, 2.24) is 9.21 Å². The van der Waals surface area contributed by atoms with Gasteiger partial charge in [-0.15, -0.1) is 0 Å². The molecule has 6 heteroatoms. The van der Waals surface area contributed by atoms with Gasteiger partial charge in [0.05, 0.1) is 6.04 Å². The van der Waals surface area contributed by atoms with Gasteiger partial charge >= 0.3 is 0 Å². The molecule has 1 aromatic carbocycles. The molecule has 0 amide bonds. The molecule has 1 aromatic rings. The number of likely N-dealkylation sites (N-methyl/N-ethyl adjacent to an activating group) is 1. The second kappa shape index (κ2) is 4.94. The van der Waals surface area contributed by atoms with Crippen LogP contribution in [0.1, 0.15) is 11.6 Å². The summed E-state index contributed by atoms with van der Waals surface area (Å²) in [5.74, 6) is 0. The largest absolute Gasteiger partial charge is 0.303 e. The Bertz CT molecular complexity index is 478. The lowest BCUT2D eigenvalue weighted by Gasteiger charge is -2.37. The highest BCUT2D eigenvalue weighted by Crippen LogP contribution is 2.28. The van der Waals surface area contributed by atoms with Crippen LogP contribution in [0.4, 0.5) is 0 Å². The van der Waals surface area contributed by atoms with Crippen LogP contribution in [0.2, 0.25) is 0 Å². The highest BCUT2D eigenvalue weighted by Gasteiger charge is 2.33. The Labute approximate surface area is 106 Å². The number of nitrogens with zero attached hydrogens (tertiary/aromatic N) is 2. The van der Waals surface area contributed by atoms with Gasteiger partial charge in [-0.1, -0.05) is 30.3 Å². The van der Waals surface area contributed by atoms with Crippen molar-refractivity contribution in [3.05, 3.63) is 35.9 Å². The zero-order valence-electron chi connectivity index (χ0n) is 9.58. The van der Waals surface area contributed by atoms with E-state index in [1.807, 2.05) is 37.4 Å². The van der Waals surface area contributed by atoms with Gasteiger partial charge in [-0.2, -0.15) is 12.7 Å². The summed E-state index contributed by atoms with van der Waals surface area (Å²) in [5, 5.41) is 0. The summed E-state index contributed by atoms with van der Waals surface area (Å²) >= 11 is 0. The fourth-order valence-electron chi connectivity index (χ4n) is 2.11. The molecule has 0 aliphatic carbocycles. The molecule has 1 aliphatic rings. The Kier molecular flexibility index (Phi) is 3.73. The van der Waals surface area contributed by atoms with Crippen molar-refractivity contribution in [2.24, 2.45) is 0 Å². The number of halogens is 1. The van der Waals surface area contributed by atoms with Gasteiger partial charge in [0.1, 0.15) is 0 Å². The van der Waals surface area contributed by atoms with E-state index in [9.17, 15) is 8.42 Å². The van der Waals surface area contributed by atoms with Gasteiger partial charge in [0.15, 0.2) is 0 Å². The zero-order chi connectivity index (χ0) is 12.5. The van der Waals surface area contributed by atoms with Crippen LogP contribution in [0.25, 0.3) is 0 Å². The van der Waals surface area contributed by atoms with E-state index < -0.39 is 9.24 Å². The SMILES string of the molecule is CN1CCN(S(=O)(=O)Cl)C(c2ccccc2)C1. The maximum Gasteiger partial charge on any atom is 0.300 e. The molecule has 0 bridgehead atoms. The molecule has 94 valence electrons. The Morgan fingerprint density at radius 3 is 2.47 bits per heavy atom. The quantitative estimate of drug-likeness (QED) is 0.767. The van der Waals surface area contributed by atoms with Crippen molar-refractivity contribution in [1.29, 1.82) is 0 Å². The van der Waals surface area contributed by atoms with E-state index in [4.69, 9.17) is 10.7 Å². The molecule has 4 nitrogen and oxygen atoms in total. The Morgan fingerprint density at radius 1 is 1.24 bits per heavy atom. The lowest BCUT2D eigenvalue weighted by Crippen LogP contribution is -2.47. The van der Waals surface area contributed by atoms with Crippen LogP contribution >= 0.6 is 10.7 Å². The average Bonchev–Trinajstić information content (AvgIpc) is 2.28. The van der Waals surface area contributed by atoms with Gasteiger partial charge in [0.25, 0.3) is 9.24 Å². The molecular formula is C11H15ClN2O2S. The molecule has 1 unspecified atom stereocenters. The first kappa shape index (κ1) is 12.8. The summed E-state index contributed by atoms with van der Waals surface area (Å²) in [6.45, 7) is 1.80. The molecule has 17 heavy (non-hydrogen) atoms. The topological polar surface area (TPSA) is 40.6 Å². The van der Waals surface area contributed by atoms with Crippen LogP contribution in [0.15, 0.2) is 30.3 Å². The molecule has 1 aliphatic heterocycles. The maximum atomic E-state index is 11.5. The molecule has 0 N–H and O–H groups in total.